The van der Waals surface area contributed by atoms with Crippen LogP contribution in [0.1, 0.15) is 23.6 Å². The van der Waals surface area contributed by atoms with Gasteiger partial charge in [0.25, 0.3) is 0 Å². The second kappa shape index (κ2) is 5.97. The number of nitrogens with one attached hydrogen (secondary N) is 1. The average molecular weight is 289 g/mol. The zero-order chi connectivity index (χ0) is 14.7. The fourth-order valence-corrected chi connectivity index (χ4v) is 2.21. The van der Waals surface area contributed by atoms with E-state index in [9.17, 15) is 0 Å². The van der Waals surface area contributed by atoms with E-state index in [0.717, 1.165) is 22.6 Å². The predicted molar refractivity (Wildman–Crippen MR) is 83.1 cm³/mol. The van der Waals surface area contributed by atoms with E-state index in [1.807, 2.05) is 50.2 Å². The molecule has 0 fully saturated rings. The number of nitrogen functional groups attached to an aromatic ring is 1. The lowest BCUT2D eigenvalue weighted by Gasteiger charge is -2.12. The topological polar surface area (TPSA) is 59.1 Å². The summed E-state index contributed by atoms with van der Waals surface area (Å²) in [4.78, 5) is 0. The molecular weight excluding hydrogens is 272 g/mol. The number of hydrogen-bond donors (Lipinski definition) is 2. The summed E-state index contributed by atoms with van der Waals surface area (Å²) in [6, 6.07) is 11.1. The van der Waals surface area contributed by atoms with Gasteiger partial charge in [0.1, 0.15) is 17.3 Å². The maximum Gasteiger partial charge on any atom is 0.138 e. The van der Waals surface area contributed by atoms with Gasteiger partial charge in [0.2, 0.25) is 0 Å². The summed E-state index contributed by atoms with van der Waals surface area (Å²) in [5, 5.41) is 8.36. The van der Waals surface area contributed by atoms with Crippen molar-refractivity contribution in [2.45, 2.75) is 20.3 Å². The third-order valence-corrected chi connectivity index (χ3v) is 3.42. The van der Waals surface area contributed by atoms with Crippen molar-refractivity contribution in [1.29, 1.82) is 5.41 Å². The summed E-state index contributed by atoms with van der Waals surface area (Å²) in [5.41, 5.74) is 8.26. The van der Waals surface area contributed by atoms with E-state index in [-0.39, 0.29) is 5.84 Å². The summed E-state index contributed by atoms with van der Waals surface area (Å²) >= 11 is 6.09. The van der Waals surface area contributed by atoms with E-state index in [1.165, 1.54) is 0 Å². The first-order valence-corrected chi connectivity index (χ1v) is 6.80. The number of nitrogens with two attached hydrogens (primary N) is 1. The Morgan fingerprint density at radius 3 is 2.65 bits per heavy atom. The highest BCUT2D eigenvalue weighted by molar-refractivity contribution is 6.31. The number of hydrogen-bond acceptors (Lipinski definition) is 2. The van der Waals surface area contributed by atoms with E-state index in [2.05, 4.69) is 0 Å². The van der Waals surface area contributed by atoms with Crippen LogP contribution in [-0.2, 0) is 6.42 Å². The molecule has 0 saturated carbocycles. The number of amidine groups is 1. The number of benzene rings is 2. The van der Waals surface area contributed by atoms with Crippen LogP contribution >= 0.6 is 11.6 Å². The first kappa shape index (κ1) is 14.4. The zero-order valence-electron chi connectivity index (χ0n) is 11.5. The first-order chi connectivity index (χ1) is 9.51. The molecule has 0 heterocycles. The highest BCUT2D eigenvalue weighted by Crippen LogP contribution is 2.29. The molecule has 3 N–H and O–H groups in total. The van der Waals surface area contributed by atoms with Crippen molar-refractivity contribution in [2.24, 2.45) is 5.73 Å². The molecule has 0 radical (unpaired) electrons. The smallest absolute Gasteiger partial charge is 0.138 e. The molecule has 104 valence electrons. The molecule has 0 aromatic heterocycles. The van der Waals surface area contributed by atoms with Gasteiger partial charge in [-0.25, -0.2) is 0 Å². The Kier molecular flexibility index (Phi) is 4.30. The Bertz CT molecular complexity index is 653. The Morgan fingerprint density at radius 1 is 1.25 bits per heavy atom. The van der Waals surface area contributed by atoms with E-state index in [1.54, 1.807) is 0 Å². The van der Waals surface area contributed by atoms with Crippen molar-refractivity contribution >= 4 is 17.4 Å². The lowest BCUT2D eigenvalue weighted by Crippen LogP contribution is -2.12. The van der Waals surface area contributed by atoms with Crippen LogP contribution in [-0.4, -0.2) is 5.84 Å². The van der Waals surface area contributed by atoms with Crippen LogP contribution in [0.3, 0.4) is 0 Å². The number of rotatable bonds is 4. The van der Waals surface area contributed by atoms with Crippen molar-refractivity contribution in [2.75, 3.05) is 0 Å². The molecule has 3 nitrogen and oxygen atoms in total. The molecule has 2 aromatic rings. The van der Waals surface area contributed by atoms with Crippen LogP contribution in [0, 0.1) is 12.3 Å². The molecule has 4 heteroatoms. The van der Waals surface area contributed by atoms with Gasteiger partial charge in [-0.1, -0.05) is 30.2 Å². The molecule has 0 atom stereocenters. The minimum absolute atomic E-state index is 0.00613. The maximum absolute atomic E-state index is 7.63. The van der Waals surface area contributed by atoms with Crippen molar-refractivity contribution in [3.8, 4) is 11.5 Å². The molecule has 0 aliphatic carbocycles. The first-order valence-electron chi connectivity index (χ1n) is 6.42. The Morgan fingerprint density at radius 2 is 2.00 bits per heavy atom. The monoisotopic (exact) mass is 288 g/mol. The normalized spacial score (nSPS) is 10.3. The summed E-state index contributed by atoms with van der Waals surface area (Å²) < 4.78 is 5.84. The van der Waals surface area contributed by atoms with Crippen molar-refractivity contribution in [3.05, 3.63) is 58.1 Å². The molecule has 20 heavy (non-hydrogen) atoms. The molecule has 2 rings (SSSR count). The van der Waals surface area contributed by atoms with Gasteiger partial charge in [-0.05, 0) is 49.2 Å². The summed E-state index contributed by atoms with van der Waals surface area (Å²) in [6.07, 6.45) is 0.837. The van der Waals surface area contributed by atoms with E-state index in [4.69, 9.17) is 27.5 Å². The zero-order valence-corrected chi connectivity index (χ0v) is 12.3. The average Bonchev–Trinajstić information content (AvgIpc) is 2.42. The van der Waals surface area contributed by atoms with Gasteiger partial charge >= 0.3 is 0 Å². The number of aryl methyl sites for hydroxylation is 2. The maximum atomic E-state index is 7.63. The summed E-state index contributed by atoms with van der Waals surface area (Å²) in [7, 11) is 0. The molecule has 0 unspecified atom stereocenters. The van der Waals surface area contributed by atoms with Crippen molar-refractivity contribution in [1.82, 2.24) is 0 Å². The molecule has 0 aliphatic heterocycles. The van der Waals surface area contributed by atoms with Crippen molar-refractivity contribution < 1.29 is 4.74 Å². The Hall–Kier alpha value is -2.00. The van der Waals surface area contributed by atoms with Crippen LogP contribution < -0.4 is 10.5 Å². The molecule has 0 amide bonds. The molecule has 0 saturated heterocycles. The van der Waals surface area contributed by atoms with Gasteiger partial charge in [0.15, 0.2) is 0 Å². The second-order valence-corrected chi connectivity index (χ2v) is 5.03. The third kappa shape index (κ3) is 3.11. The molecular formula is C16H17ClN2O. The molecule has 0 spiro atoms. The lowest BCUT2D eigenvalue weighted by molar-refractivity contribution is 0.481. The van der Waals surface area contributed by atoms with Gasteiger partial charge in [0.05, 0.1) is 5.56 Å². The van der Waals surface area contributed by atoms with Crippen LogP contribution in [0.15, 0.2) is 36.4 Å². The van der Waals surface area contributed by atoms with Crippen molar-refractivity contribution in [3.63, 3.8) is 0 Å². The highest BCUT2D eigenvalue weighted by atomic mass is 35.5. The van der Waals surface area contributed by atoms with Crippen LogP contribution in [0.2, 0.25) is 5.02 Å². The number of ether oxygens (including phenoxy) is 1. The standard InChI is InChI=1S/C16H17ClN2O/c1-3-11-9-12(5-6-14(11)17)20-15-7-4-10(2)8-13(15)16(18)19/h4-9H,3H2,1-2H3,(H3,18,19). The highest BCUT2D eigenvalue weighted by Gasteiger charge is 2.09. The van der Waals surface area contributed by atoms with Gasteiger partial charge in [-0.15, -0.1) is 0 Å². The largest absolute Gasteiger partial charge is 0.457 e. The Balaban J connectivity index is 2.37. The van der Waals surface area contributed by atoms with E-state index >= 15 is 0 Å². The fraction of sp³-hybridized carbons (Fsp3) is 0.188. The summed E-state index contributed by atoms with van der Waals surface area (Å²) in [5.74, 6) is 1.26. The minimum Gasteiger partial charge on any atom is -0.457 e. The Labute approximate surface area is 123 Å². The summed E-state index contributed by atoms with van der Waals surface area (Å²) in [6.45, 7) is 3.99. The van der Waals surface area contributed by atoms with Gasteiger partial charge in [0, 0.05) is 5.02 Å². The van der Waals surface area contributed by atoms with Gasteiger partial charge < -0.3 is 10.5 Å². The number of halogens is 1. The van der Waals surface area contributed by atoms with Crippen LogP contribution in [0.25, 0.3) is 0 Å². The second-order valence-electron chi connectivity index (χ2n) is 4.62. The van der Waals surface area contributed by atoms with Gasteiger partial charge in [-0.2, -0.15) is 0 Å². The fourth-order valence-electron chi connectivity index (χ4n) is 1.96. The van der Waals surface area contributed by atoms with E-state index in [0.29, 0.717) is 17.1 Å². The molecule has 2 aromatic carbocycles. The molecule has 0 aliphatic rings. The van der Waals surface area contributed by atoms with Crippen LogP contribution in [0.4, 0.5) is 0 Å². The van der Waals surface area contributed by atoms with Gasteiger partial charge in [-0.3, -0.25) is 5.41 Å². The lowest BCUT2D eigenvalue weighted by atomic mass is 10.1. The quantitative estimate of drug-likeness (QED) is 0.651. The third-order valence-electron chi connectivity index (χ3n) is 3.05. The molecule has 0 bridgehead atoms. The minimum atomic E-state index is -0.00613. The van der Waals surface area contributed by atoms with E-state index < -0.39 is 0 Å². The SMILES string of the molecule is CCc1cc(Oc2ccc(C)cc2C(=N)N)ccc1Cl. The van der Waals surface area contributed by atoms with Crippen LogP contribution in [0.5, 0.6) is 11.5 Å². The predicted octanol–water partition coefficient (Wildman–Crippen LogP) is 4.29.